The second kappa shape index (κ2) is 9.67. The summed E-state index contributed by atoms with van der Waals surface area (Å²) in [5, 5.41) is 14.3. The number of methoxy groups -OCH3 is 1. The lowest BCUT2D eigenvalue weighted by Crippen LogP contribution is -2.38. The Morgan fingerprint density at radius 1 is 1.24 bits per heavy atom. The quantitative estimate of drug-likeness (QED) is 0.456. The summed E-state index contributed by atoms with van der Waals surface area (Å²) in [6.45, 7) is 2.88. The van der Waals surface area contributed by atoms with Crippen molar-refractivity contribution in [2.45, 2.75) is 32.4 Å². The van der Waals surface area contributed by atoms with E-state index in [-0.39, 0.29) is 0 Å². The minimum Gasteiger partial charge on any atom is -0.493 e. The van der Waals surface area contributed by atoms with Crippen LogP contribution in [0.25, 0.3) is 10.9 Å². The Labute approximate surface area is 174 Å². The van der Waals surface area contributed by atoms with Crippen LogP contribution in [0.1, 0.15) is 24.5 Å². The maximum absolute atomic E-state index is 11.8. The summed E-state index contributed by atoms with van der Waals surface area (Å²) in [6, 6.07) is 10.6. The Morgan fingerprint density at radius 2 is 2.03 bits per heavy atom. The maximum Gasteiger partial charge on any atom is 0.321 e. The van der Waals surface area contributed by atoms with E-state index in [1.807, 2.05) is 37.4 Å². The molecule has 1 atom stereocenters. The second-order valence-corrected chi connectivity index (χ2v) is 7.19. The molecule has 3 N–H and O–H groups in total. The molecule has 29 heavy (non-hydrogen) atoms. The number of nitrogens with one attached hydrogen (secondary N) is 2. The highest BCUT2D eigenvalue weighted by atomic mass is 35.5. The molecule has 0 aliphatic heterocycles. The van der Waals surface area contributed by atoms with E-state index < -0.39 is 12.0 Å². The number of hydrogen-bond acceptors (Lipinski definition) is 4. The Hall–Kier alpha value is -2.70. The van der Waals surface area contributed by atoms with Gasteiger partial charge in [-0.05, 0) is 29.7 Å². The fourth-order valence-electron chi connectivity index (χ4n) is 3.20. The molecular weight excluding hydrogens is 392 g/mol. The van der Waals surface area contributed by atoms with Gasteiger partial charge in [-0.2, -0.15) is 0 Å². The van der Waals surface area contributed by atoms with Gasteiger partial charge in [0.05, 0.1) is 13.7 Å². The van der Waals surface area contributed by atoms with Gasteiger partial charge >= 0.3 is 5.97 Å². The van der Waals surface area contributed by atoms with Gasteiger partial charge in [-0.3, -0.25) is 10.1 Å². The Balaban J connectivity index is 1.74. The Kier molecular flexibility index (Phi) is 7.01. The lowest BCUT2D eigenvalue weighted by molar-refractivity contribution is -0.139. The van der Waals surface area contributed by atoms with Gasteiger partial charge in [0.1, 0.15) is 6.04 Å². The highest BCUT2D eigenvalue weighted by Crippen LogP contribution is 2.33. The molecule has 3 aromatic rings. The highest BCUT2D eigenvalue weighted by molar-refractivity contribution is 6.31. The van der Waals surface area contributed by atoms with E-state index in [0.29, 0.717) is 36.1 Å². The van der Waals surface area contributed by atoms with Gasteiger partial charge in [0.25, 0.3) is 0 Å². The number of ether oxygens (including phenoxy) is 2. The summed E-state index contributed by atoms with van der Waals surface area (Å²) in [5.74, 6) is 0.237. The molecule has 0 amide bonds. The van der Waals surface area contributed by atoms with Gasteiger partial charge < -0.3 is 19.6 Å². The predicted molar refractivity (Wildman–Crippen MR) is 114 cm³/mol. The van der Waals surface area contributed by atoms with Crippen LogP contribution in [0.2, 0.25) is 5.02 Å². The van der Waals surface area contributed by atoms with Crippen LogP contribution in [0, 0.1) is 0 Å². The van der Waals surface area contributed by atoms with Crippen LogP contribution in [0.15, 0.2) is 42.6 Å². The first-order chi connectivity index (χ1) is 14.0. The minimum absolute atomic E-state index is 0.294. The molecular formula is C22H25ClN2O4. The number of aromatic amines is 1. The summed E-state index contributed by atoms with van der Waals surface area (Å²) in [4.78, 5) is 15.0. The van der Waals surface area contributed by atoms with Crippen molar-refractivity contribution in [3.05, 3.63) is 58.7 Å². The third kappa shape index (κ3) is 5.02. The van der Waals surface area contributed by atoms with Gasteiger partial charge in [-0.15, -0.1) is 0 Å². The lowest BCUT2D eigenvalue weighted by Gasteiger charge is -2.17. The smallest absolute Gasteiger partial charge is 0.321 e. The SMILES string of the molecule is CCCOc1cc(Cl)c(CNC(Cc2c[nH]c3ccccc23)C(=O)O)cc1OC. The number of aromatic nitrogens is 1. The molecule has 0 radical (unpaired) electrons. The number of halogens is 1. The van der Waals surface area contributed by atoms with E-state index in [9.17, 15) is 9.90 Å². The predicted octanol–water partition coefficient (Wildman–Crippen LogP) is 4.40. The number of aliphatic carboxylic acids is 1. The maximum atomic E-state index is 11.8. The summed E-state index contributed by atoms with van der Waals surface area (Å²) in [7, 11) is 1.57. The number of para-hydroxylation sites is 1. The van der Waals surface area contributed by atoms with Crippen molar-refractivity contribution < 1.29 is 19.4 Å². The zero-order valence-electron chi connectivity index (χ0n) is 16.5. The Morgan fingerprint density at radius 3 is 2.76 bits per heavy atom. The van der Waals surface area contributed by atoms with Crippen molar-refractivity contribution in [1.29, 1.82) is 0 Å². The molecule has 1 heterocycles. The number of rotatable bonds is 10. The number of H-pyrrole nitrogens is 1. The van der Waals surface area contributed by atoms with Crippen molar-refractivity contribution >= 4 is 28.5 Å². The molecule has 0 aliphatic rings. The molecule has 0 aliphatic carbocycles. The van der Waals surface area contributed by atoms with Crippen molar-refractivity contribution in [2.75, 3.05) is 13.7 Å². The van der Waals surface area contributed by atoms with Crippen LogP contribution in [-0.2, 0) is 17.8 Å². The van der Waals surface area contributed by atoms with Crippen LogP contribution in [-0.4, -0.2) is 35.8 Å². The zero-order valence-corrected chi connectivity index (χ0v) is 17.3. The van der Waals surface area contributed by atoms with Crippen LogP contribution < -0.4 is 14.8 Å². The summed E-state index contributed by atoms with van der Waals surface area (Å²) in [6.07, 6.45) is 3.09. The molecule has 1 unspecified atom stereocenters. The average molecular weight is 417 g/mol. The molecule has 6 nitrogen and oxygen atoms in total. The fourth-order valence-corrected chi connectivity index (χ4v) is 3.42. The van der Waals surface area contributed by atoms with Crippen LogP contribution >= 0.6 is 11.6 Å². The topological polar surface area (TPSA) is 83.6 Å². The second-order valence-electron chi connectivity index (χ2n) is 6.78. The molecule has 3 rings (SSSR count). The monoisotopic (exact) mass is 416 g/mol. The molecule has 0 saturated heterocycles. The lowest BCUT2D eigenvalue weighted by atomic mass is 10.0. The number of carbonyl (C=O) groups is 1. The van der Waals surface area contributed by atoms with Gasteiger partial charge in [0, 0.05) is 41.2 Å². The third-order valence-corrected chi connectivity index (χ3v) is 5.08. The van der Waals surface area contributed by atoms with Crippen LogP contribution in [0.4, 0.5) is 0 Å². The highest BCUT2D eigenvalue weighted by Gasteiger charge is 2.20. The summed E-state index contributed by atoms with van der Waals surface area (Å²) < 4.78 is 11.1. The summed E-state index contributed by atoms with van der Waals surface area (Å²) in [5.41, 5.74) is 2.69. The normalized spacial score (nSPS) is 12.1. The minimum atomic E-state index is -0.915. The first-order valence-electron chi connectivity index (χ1n) is 9.53. The van der Waals surface area contributed by atoms with E-state index in [0.717, 1.165) is 28.5 Å². The van der Waals surface area contributed by atoms with Crippen molar-refractivity contribution in [1.82, 2.24) is 10.3 Å². The van der Waals surface area contributed by atoms with Gasteiger partial charge in [-0.25, -0.2) is 0 Å². The zero-order chi connectivity index (χ0) is 20.8. The van der Waals surface area contributed by atoms with Gasteiger partial charge in [0.15, 0.2) is 11.5 Å². The van der Waals surface area contributed by atoms with E-state index in [1.165, 1.54) is 0 Å². The molecule has 0 bridgehead atoms. The summed E-state index contributed by atoms with van der Waals surface area (Å²) >= 11 is 6.39. The molecule has 1 aromatic heterocycles. The molecule has 0 saturated carbocycles. The van der Waals surface area contributed by atoms with Crippen molar-refractivity contribution in [2.24, 2.45) is 0 Å². The van der Waals surface area contributed by atoms with E-state index in [2.05, 4.69) is 10.3 Å². The van der Waals surface area contributed by atoms with Gasteiger partial charge in [-0.1, -0.05) is 36.7 Å². The van der Waals surface area contributed by atoms with E-state index in [1.54, 1.807) is 19.2 Å². The molecule has 0 fully saturated rings. The standard InChI is InChI=1S/C22H25ClN2O4/c1-3-8-29-21-11-17(23)15(10-20(21)28-2)13-25-19(22(26)27)9-14-12-24-18-7-5-4-6-16(14)18/h4-7,10-12,19,24-25H,3,8-9,13H2,1-2H3,(H,26,27). The first kappa shape index (κ1) is 21.0. The number of benzene rings is 2. The largest absolute Gasteiger partial charge is 0.493 e. The number of carboxylic acid groups (broad SMARTS) is 1. The van der Waals surface area contributed by atoms with Crippen molar-refractivity contribution in [3.63, 3.8) is 0 Å². The number of hydrogen-bond donors (Lipinski definition) is 3. The number of carboxylic acids is 1. The molecule has 7 heteroatoms. The molecule has 2 aromatic carbocycles. The third-order valence-electron chi connectivity index (χ3n) is 4.73. The molecule has 0 spiro atoms. The van der Waals surface area contributed by atoms with E-state index >= 15 is 0 Å². The fraction of sp³-hybridized carbons (Fsp3) is 0.318. The first-order valence-corrected chi connectivity index (χ1v) is 9.91. The molecule has 154 valence electrons. The van der Waals surface area contributed by atoms with Crippen LogP contribution in [0.3, 0.4) is 0 Å². The average Bonchev–Trinajstić information content (AvgIpc) is 3.13. The van der Waals surface area contributed by atoms with E-state index in [4.69, 9.17) is 21.1 Å². The van der Waals surface area contributed by atoms with Crippen molar-refractivity contribution in [3.8, 4) is 11.5 Å². The van der Waals surface area contributed by atoms with Gasteiger partial charge in [0.2, 0.25) is 0 Å². The van der Waals surface area contributed by atoms with Crippen LogP contribution in [0.5, 0.6) is 11.5 Å². The number of fused-ring (bicyclic) bond motifs is 1. The Bertz CT molecular complexity index is 986.